The molecule has 1 aromatic carbocycles. The molecule has 0 aromatic heterocycles. The third-order valence-electron chi connectivity index (χ3n) is 8.88. The van der Waals surface area contributed by atoms with Gasteiger partial charge in [0.2, 0.25) is 0 Å². The van der Waals surface area contributed by atoms with E-state index in [0.717, 1.165) is 30.6 Å². The van der Waals surface area contributed by atoms with E-state index in [2.05, 4.69) is 6.92 Å². The lowest BCUT2D eigenvalue weighted by atomic mass is 9.59. The highest BCUT2D eigenvalue weighted by atomic mass is 19.1. The molecule has 0 radical (unpaired) electrons. The number of rotatable bonds is 6. The molecule has 3 saturated carbocycles. The minimum Gasteiger partial charge on any atom is -0.426 e. The highest BCUT2D eigenvalue weighted by molar-refractivity contribution is 5.75. The molecule has 0 bridgehead atoms. The summed E-state index contributed by atoms with van der Waals surface area (Å²) in [6.45, 7) is 4.03. The van der Waals surface area contributed by atoms with E-state index < -0.39 is 0 Å². The van der Waals surface area contributed by atoms with E-state index in [1.54, 1.807) is 19.1 Å². The molecule has 2 nitrogen and oxygen atoms in total. The summed E-state index contributed by atoms with van der Waals surface area (Å²) in [5.74, 6) is 3.82. The van der Waals surface area contributed by atoms with E-state index in [9.17, 15) is 9.18 Å². The van der Waals surface area contributed by atoms with Crippen molar-refractivity contribution in [3.63, 3.8) is 0 Å². The molecule has 4 atom stereocenters. The van der Waals surface area contributed by atoms with Crippen molar-refractivity contribution >= 4 is 5.97 Å². The number of hydrogen-bond acceptors (Lipinski definition) is 2. The van der Waals surface area contributed by atoms with Gasteiger partial charge < -0.3 is 4.74 Å². The molecule has 0 N–H and O–H groups in total. The lowest BCUT2D eigenvalue weighted by Crippen LogP contribution is -2.40. The van der Waals surface area contributed by atoms with E-state index in [4.69, 9.17) is 4.74 Å². The molecule has 172 valence electrons. The molecule has 3 aliphatic rings. The number of ether oxygens (including phenoxy) is 1. The van der Waals surface area contributed by atoms with Gasteiger partial charge in [-0.25, -0.2) is 4.39 Å². The van der Waals surface area contributed by atoms with Crippen LogP contribution in [0.15, 0.2) is 18.2 Å². The molecule has 0 heterocycles. The number of carbonyl (C=O) groups excluding carboxylic acids is 1. The fraction of sp³-hybridized carbons (Fsp3) is 0.750. The maximum absolute atomic E-state index is 13.9. The van der Waals surface area contributed by atoms with Gasteiger partial charge in [0.15, 0.2) is 0 Å². The van der Waals surface area contributed by atoms with Gasteiger partial charge >= 0.3 is 5.97 Å². The van der Waals surface area contributed by atoms with Gasteiger partial charge in [0.25, 0.3) is 0 Å². The normalized spacial score (nSPS) is 33.5. The van der Waals surface area contributed by atoms with Gasteiger partial charge in [0.05, 0.1) is 5.92 Å². The van der Waals surface area contributed by atoms with Crippen molar-refractivity contribution in [1.29, 1.82) is 0 Å². The number of unbranched alkanes of at least 4 members (excludes halogenated alkanes) is 1. The Balaban J connectivity index is 1.31. The first-order valence-electron chi connectivity index (χ1n) is 13.0. The summed E-state index contributed by atoms with van der Waals surface area (Å²) in [4.78, 5) is 13.0. The topological polar surface area (TPSA) is 26.3 Å². The van der Waals surface area contributed by atoms with Gasteiger partial charge in [-0.2, -0.15) is 0 Å². The first-order chi connectivity index (χ1) is 15.0. The van der Waals surface area contributed by atoms with Crippen LogP contribution in [-0.4, -0.2) is 5.97 Å². The zero-order chi connectivity index (χ0) is 21.8. The van der Waals surface area contributed by atoms with Crippen molar-refractivity contribution in [2.24, 2.45) is 35.5 Å². The van der Waals surface area contributed by atoms with E-state index in [0.29, 0.717) is 23.1 Å². The van der Waals surface area contributed by atoms with Gasteiger partial charge in [0, 0.05) is 6.07 Å². The largest absolute Gasteiger partial charge is 0.426 e. The van der Waals surface area contributed by atoms with Crippen molar-refractivity contribution < 1.29 is 13.9 Å². The predicted octanol–water partition coefficient (Wildman–Crippen LogP) is 7.87. The zero-order valence-corrected chi connectivity index (χ0v) is 19.6. The minimum absolute atomic E-state index is 0.00570. The van der Waals surface area contributed by atoms with Gasteiger partial charge in [-0.05, 0) is 86.7 Å². The minimum atomic E-state index is -0.309. The van der Waals surface area contributed by atoms with Crippen LogP contribution in [0.5, 0.6) is 5.75 Å². The molecule has 0 spiro atoms. The van der Waals surface area contributed by atoms with Crippen LogP contribution in [0.25, 0.3) is 0 Å². The average Bonchev–Trinajstić information content (AvgIpc) is 2.79. The first-order valence-corrected chi connectivity index (χ1v) is 13.0. The lowest BCUT2D eigenvalue weighted by Gasteiger charge is -2.46. The maximum atomic E-state index is 13.9. The monoisotopic (exact) mass is 428 g/mol. The second kappa shape index (κ2) is 10.5. The Morgan fingerprint density at radius 1 is 1.00 bits per heavy atom. The molecule has 4 unspecified atom stereocenters. The molecule has 1 aromatic rings. The van der Waals surface area contributed by atoms with Crippen LogP contribution in [0.2, 0.25) is 0 Å². The molecule has 0 amide bonds. The predicted molar refractivity (Wildman–Crippen MR) is 123 cm³/mol. The maximum Gasteiger partial charge on any atom is 0.314 e. The molecular weight excluding hydrogens is 387 g/mol. The second-order valence-corrected chi connectivity index (χ2v) is 10.8. The summed E-state index contributed by atoms with van der Waals surface area (Å²) in [6, 6.07) is 4.75. The van der Waals surface area contributed by atoms with Crippen LogP contribution in [0.1, 0.15) is 96.0 Å². The molecule has 0 aliphatic heterocycles. The van der Waals surface area contributed by atoms with Crippen LogP contribution in [0.4, 0.5) is 4.39 Å². The fourth-order valence-electron chi connectivity index (χ4n) is 6.99. The third kappa shape index (κ3) is 5.52. The molecule has 3 heteroatoms. The van der Waals surface area contributed by atoms with Gasteiger partial charge in [-0.1, -0.05) is 57.9 Å². The Hall–Kier alpha value is -1.38. The quantitative estimate of drug-likeness (QED) is 0.340. The van der Waals surface area contributed by atoms with Crippen molar-refractivity contribution in [1.82, 2.24) is 0 Å². The summed E-state index contributed by atoms with van der Waals surface area (Å²) in [7, 11) is 0. The summed E-state index contributed by atoms with van der Waals surface area (Å²) >= 11 is 0. The second-order valence-electron chi connectivity index (χ2n) is 10.8. The van der Waals surface area contributed by atoms with E-state index in [1.165, 1.54) is 76.7 Å². The van der Waals surface area contributed by atoms with E-state index >= 15 is 0 Å². The van der Waals surface area contributed by atoms with E-state index in [-0.39, 0.29) is 17.7 Å². The SMILES string of the molecule is CCCCC1CCC(C2CCC3C(CCCC3C(=O)Oc3ccc(C)c(F)c3)C2)CC1. The number of esters is 1. The molecule has 31 heavy (non-hydrogen) atoms. The van der Waals surface area contributed by atoms with Crippen molar-refractivity contribution in [2.75, 3.05) is 0 Å². The van der Waals surface area contributed by atoms with E-state index in [1.807, 2.05) is 0 Å². The highest BCUT2D eigenvalue weighted by Gasteiger charge is 2.43. The number of aryl methyl sites for hydroxylation is 1. The highest BCUT2D eigenvalue weighted by Crippen LogP contribution is 2.50. The Morgan fingerprint density at radius 3 is 2.52 bits per heavy atom. The number of hydrogen-bond donors (Lipinski definition) is 0. The van der Waals surface area contributed by atoms with Crippen molar-refractivity contribution in [3.8, 4) is 5.75 Å². The van der Waals surface area contributed by atoms with Crippen LogP contribution < -0.4 is 4.74 Å². The average molecular weight is 429 g/mol. The number of fused-ring (bicyclic) bond motifs is 1. The molecule has 0 saturated heterocycles. The number of carbonyl (C=O) groups is 1. The Kier molecular flexibility index (Phi) is 7.72. The summed E-state index contributed by atoms with van der Waals surface area (Å²) < 4.78 is 19.5. The van der Waals surface area contributed by atoms with Gasteiger partial charge in [0.1, 0.15) is 11.6 Å². The molecule has 3 fully saturated rings. The van der Waals surface area contributed by atoms with Crippen LogP contribution in [-0.2, 0) is 4.79 Å². The number of halogens is 1. The summed E-state index contributed by atoms with van der Waals surface area (Å²) in [5.41, 5.74) is 0.579. The fourth-order valence-corrected chi connectivity index (χ4v) is 6.99. The van der Waals surface area contributed by atoms with Gasteiger partial charge in [-0.3, -0.25) is 4.79 Å². The summed E-state index contributed by atoms with van der Waals surface area (Å²) in [6.07, 6.45) is 17.0. The Morgan fingerprint density at radius 2 is 1.77 bits per heavy atom. The lowest BCUT2D eigenvalue weighted by molar-refractivity contribution is -0.144. The van der Waals surface area contributed by atoms with Crippen LogP contribution in [0, 0.1) is 48.2 Å². The third-order valence-corrected chi connectivity index (χ3v) is 8.88. The van der Waals surface area contributed by atoms with Crippen molar-refractivity contribution in [3.05, 3.63) is 29.6 Å². The van der Waals surface area contributed by atoms with Crippen LogP contribution >= 0.6 is 0 Å². The van der Waals surface area contributed by atoms with Crippen molar-refractivity contribution in [2.45, 2.75) is 97.3 Å². The Labute approximate surface area is 188 Å². The standard InChI is InChI=1S/C28H41FO2/c1-3-4-6-20-10-12-21(13-11-20)22-14-16-25-23(17-22)7-5-8-26(25)28(30)31-24-15-9-19(2)27(29)18-24/h9,15,18,20-23,25-26H,3-8,10-14,16-17H2,1-2H3. The summed E-state index contributed by atoms with van der Waals surface area (Å²) in [5, 5.41) is 0. The van der Waals surface area contributed by atoms with Crippen LogP contribution in [0.3, 0.4) is 0 Å². The Bertz CT molecular complexity index is 737. The molecule has 4 rings (SSSR count). The smallest absolute Gasteiger partial charge is 0.314 e. The molecule has 3 aliphatic carbocycles. The molecular formula is C28H41FO2. The first kappa shape index (κ1) is 22.8. The van der Waals surface area contributed by atoms with Gasteiger partial charge in [-0.15, -0.1) is 0 Å². The number of benzene rings is 1. The zero-order valence-electron chi connectivity index (χ0n) is 19.6.